The Morgan fingerprint density at radius 3 is 2.60 bits per heavy atom. The third-order valence-corrected chi connectivity index (χ3v) is 3.61. The van der Waals surface area contributed by atoms with Crippen LogP contribution in [0.25, 0.3) is 0 Å². The molecule has 0 aliphatic carbocycles. The Balaban J connectivity index is 2.41. The number of methoxy groups -OCH3 is 1. The van der Waals surface area contributed by atoms with E-state index in [1.807, 2.05) is 0 Å². The first-order valence-electron chi connectivity index (χ1n) is 5.55. The van der Waals surface area contributed by atoms with E-state index < -0.39 is 17.0 Å². The van der Waals surface area contributed by atoms with E-state index in [2.05, 4.69) is 4.98 Å². The summed E-state index contributed by atoms with van der Waals surface area (Å²) in [6.45, 7) is 1.78. The summed E-state index contributed by atoms with van der Waals surface area (Å²) in [4.78, 5) is 15.4. The van der Waals surface area contributed by atoms with E-state index in [4.69, 9.17) is 4.74 Å². The van der Waals surface area contributed by atoms with Gasteiger partial charge in [0.15, 0.2) is 5.01 Å². The van der Waals surface area contributed by atoms with E-state index in [-0.39, 0.29) is 10.4 Å². The Hall–Kier alpha value is -1.89. The number of benzene rings is 1. The Labute approximate surface area is 117 Å². The summed E-state index contributed by atoms with van der Waals surface area (Å²) in [7, 11) is 1.40. The summed E-state index contributed by atoms with van der Waals surface area (Å²) in [5, 5.41) is -1.03. The van der Waals surface area contributed by atoms with Gasteiger partial charge in [0.1, 0.15) is 5.75 Å². The van der Waals surface area contributed by atoms with Gasteiger partial charge in [-0.15, -0.1) is 11.3 Å². The summed E-state index contributed by atoms with van der Waals surface area (Å²) in [5.41, 5.74) is 1.04. The lowest BCUT2D eigenvalue weighted by atomic mass is 10.1. The Morgan fingerprint density at radius 2 is 2.05 bits per heavy atom. The van der Waals surface area contributed by atoms with E-state index in [0.29, 0.717) is 17.1 Å². The van der Waals surface area contributed by atoms with Crippen molar-refractivity contribution < 1.29 is 22.7 Å². The molecule has 1 aromatic carbocycles. The maximum absolute atomic E-state index is 12.5. The van der Waals surface area contributed by atoms with Crippen LogP contribution in [0.5, 0.6) is 5.75 Å². The lowest BCUT2D eigenvalue weighted by molar-refractivity contribution is -0.137. The molecule has 1 aromatic heterocycles. The van der Waals surface area contributed by atoms with Gasteiger partial charge in [0, 0.05) is 6.20 Å². The van der Waals surface area contributed by atoms with Crippen molar-refractivity contribution in [3.63, 3.8) is 0 Å². The molecule has 2 rings (SSSR count). The Morgan fingerprint density at radius 1 is 1.35 bits per heavy atom. The highest BCUT2D eigenvalue weighted by molar-refractivity contribution is 7.14. The standard InChI is InChI=1S/C13H10F3NO2S/c1-7-3-4-9(19-2)8(5-7)11(18)10-6-17-12(20-10)13(14,15)16/h3-6H,1-2H3. The van der Waals surface area contributed by atoms with Crippen LogP contribution in [0.4, 0.5) is 13.2 Å². The number of rotatable bonds is 3. The van der Waals surface area contributed by atoms with E-state index in [9.17, 15) is 18.0 Å². The molecule has 7 heteroatoms. The zero-order valence-electron chi connectivity index (χ0n) is 10.6. The molecule has 1 heterocycles. The molecular weight excluding hydrogens is 291 g/mol. The summed E-state index contributed by atoms with van der Waals surface area (Å²) in [6, 6.07) is 4.94. The Bertz CT molecular complexity index is 649. The lowest BCUT2D eigenvalue weighted by Crippen LogP contribution is -2.03. The van der Waals surface area contributed by atoms with Gasteiger partial charge in [0.2, 0.25) is 5.78 Å². The number of hydrogen-bond acceptors (Lipinski definition) is 4. The predicted molar refractivity (Wildman–Crippen MR) is 68.3 cm³/mol. The summed E-state index contributed by atoms with van der Waals surface area (Å²) < 4.78 is 42.5. The van der Waals surface area contributed by atoms with Crippen LogP contribution >= 0.6 is 11.3 Å². The fraction of sp³-hybridized carbons (Fsp3) is 0.231. The van der Waals surface area contributed by atoms with Gasteiger partial charge in [0.05, 0.1) is 17.6 Å². The summed E-state index contributed by atoms with van der Waals surface area (Å²) in [5.74, 6) is -0.207. The lowest BCUT2D eigenvalue weighted by Gasteiger charge is -2.07. The van der Waals surface area contributed by atoms with Crippen LogP contribution in [0.15, 0.2) is 24.4 Å². The monoisotopic (exact) mass is 301 g/mol. The average Bonchev–Trinajstić information content (AvgIpc) is 2.87. The number of aryl methyl sites for hydroxylation is 1. The molecule has 2 aromatic rings. The number of thiazole rings is 1. The quantitative estimate of drug-likeness (QED) is 0.811. The molecule has 0 bridgehead atoms. The number of nitrogens with zero attached hydrogens (tertiary/aromatic N) is 1. The molecule has 106 valence electrons. The number of halogens is 3. The summed E-state index contributed by atoms with van der Waals surface area (Å²) >= 11 is 0.327. The number of aromatic nitrogens is 1. The minimum Gasteiger partial charge on any atom is -0.496 e. The SMILES string of the molecule is COc1ccc(C)cc1C(=O)c1cnc(C(F)(F)F)s1. The van der Waals surface area contributed by atoms with E-state index in [0.717, 1.165) is 11.8 Å². The molecular formula is C13H10F3NO2S. The van der Waals surface area contributed by atoms with Crippen LogP contribution in [0.1, 0.15) is 25.8 Å². The van der Waals surface area contributed by atoms with Crippen molar-refractivity contribution >= 4 is 17.1 Å². The fourth-order valence-corrected chi connectivity index (χ4v) is 2.38. The van der Waals surface area contributed by atoms with Crippen LogP contribution in [0.3, 0.4) is 0 Å². The molecule has 0 atom stereocenters. The maximum atomic E-state index is 12.5. The van der Waals surface area contributed by atoms with Gasteiger partial charge < -0.3 is 4.74 Å². The van der Waals surface area contributed by atoms with Crippen LogP contribution < -0.4 is 4.74 Å². The molecule has 0 fully saturated rings. The molecule has 0 spiro atoms. The second kappa shape index (κ2) is 5.24. The maximum Gasteiger partial charge on any atom is 0.443 e. The molecule has 0 N–H and O–H groups in total. The third-order valence-electron chi connectivity index (χ3n) is 2.57. The van der Waals surface area contributed by atoms with Gasteiger partial charge in [-0.2, -0.15) is 13.2 Å². The third kappa shape index (κ3) is 2.82. The highest BCUT2D eigenvalue weighted by atomic mass is 32.1. The second-order valence-electron chi connectivity index (χ2n) is 4.06. The van der Waals surface area contributed by atoms with Crippen LogP contribution in [-0.2, 0) is 6.18 Å². The number of ketones is 1. The number of carbonyl (C=O) groups excluding carboxylic acids is 1. The molecule has 20 heavy (non-hydrogen) atoms. The van der Waals surface area contributed by atoms with Crippen LogP contribution in [0, 0.1) is 6.92 Å². The normalized spacial score (nSPS) is 11.4. The van der Waals surface area contributed by atoms with Crippen molar-refractivity contribution in [2.24, 2.45) is 0 Å². The topological polar surface area (TPSA) is 39.2 Å². The highest BCUT2D eigenvalue weighted by Gasteiger charge is 2.35. The molecule has 0 aliphatic heterocycles. The van der Waals surface area contributed by atoms with E-state index in [1.54, 1.807) is 25.1 Å². The van der Waals surface area contributed by atoms with Gasteiger partial charge in [0.25, 0.3) is 0 Å². The molecule has 0 amide bonds. The number of alkyl halides is 3. The van der Waals surface area contributed by atoms with Crippen molar-refractivity contribution in [3.05, 3.63) is 45.4 Å². The van der Waals surface area contributed by atoms with Crippen molar-refractivity contribution in [3.8, 4) is 5.75 Å². The molecule has 0 saturated carbocycles. The molecule has 0 radical (unpaired) electrons. The molecule has 3 nitrogen and oxygen atoms in total. The fourth-order valence-electron chi connectivity index (χ4n) is 1.64. The van der Waals surface area contributed by atoms with Gasteiger partial charge in [-0.3, -0.25) is 4.79 Å². The first-order valence-corrected chi connectivity index (χ1v) is 6.37. The number of ether oxygens (including phenoxy) is 1. The zero-order chi connectivity index (χ0) is 14.9. The molecule has 0 unspecified atom stereocenters. The largest absolute Gasteiger partial charge is 0.496 e. The van der Waals surface area contributed by atoms with Crippen molar-refractivity contribution in [1.82, 2.24) is 4.98 Å². The number of carbonyl (C=O) groups is 1. The zero-order valence-corrected chi connectivity index (χ0v) is 11.4. The average molecular weight is 301 g/mol. The van der Waals surface area contributed by atoms with Gasteiger partial charge in [-0.25, -0.2) is 4.98 Å². The summed E-state index contributed by atoms with van der Waals surface area (Å²) in [6.07, 6.45) is -3.60. The first kappa shape index (κ1) is 14.5. The second-order valence-corrected chi connectivity index (χ2v) is 5.09. The smallest absolute Gasteiger partial charge is 0.443 e. The first-order chi connectivity index (χ1) is 9.32. The van der Waals surface area contributed by atoms with Crippen molar-refractivity contribution in [2.75, 3.05) is 7.11 Å². The van der Waals surface area contributed by atoms with Crippen LogP contribution in [0.2, 0.25) is 0 Å². The number of hydrogen-bond donors (Lipinski definition) is 0. The Kier molecular flexibility index (Phi) is 3.80. The van der Waals surface area contributed by atoms with Gasteiger partial charge in [-0.05, 0) is 19.1 Å². The van der Waals surface area contributed by atoms with Crippen LogP contribution in [-0.4, -0.2) is 17.9 Å². The van der Waals surface area contributed by atoms with Gasteiger partial charge >= 0.3 is 6.18 Å². The van der Waals surface area contributed by atoms with Crippen molar-refractivity contribution in [2.45, 2.75) is 13.1 Å². The minimum atomic E-state index is -4.54. The highest BCUT2D eigenvalue weighted by Crippen LogP contribution is 2.34. The molecule has 0 saturated heterocycles. The minimum absolute atomic E-state index is 0.0683. The van der Waals surface area contributed by atoms with E-state index in [1.165, 1.54) is 7.11 Å². The van der Waals surface area contributed by atoms with E-state index >= 15 is 0 Å². The van der Waals surface area contributed by atoms with Crippen molar-refractivity contribution in [1.29, 1.82) is 0 Å². The predicted octanol–water partition coefficient (Wildman–Crippen LogP) is 3.71. The molecule has 0 aliphatic rings. The van der Waals surface area contributed by atoms with Gasteiger partial charge in [-0.1, -0.05) is 11.6 Å².